The lowest BCUT2D eigenvalue weighted by atomic mass is 9.94. The van der Waals surface area contributed by atoms with Crippen molar-refractivity contribution >= 4 is 11.0 Å². The van der Waals surface area contributed by atoms with E-state index >= 15 is 0 Å². The van der Waals surface area contributed by atoms with E-state index < -0.39 is 0 Å². The van der Waals surface area contributed by atoms with Crippen molar-refractivity contribution in [3.63, 3.8) is 0 Å². The third-order valence-corrected chi connectivity index (χ3v) is 6.61. The number of rotatable bonds is 6. The molecule has 1 aliphatic heterocycles. The van der Waals surface area contributed by atoms with Crippen molar-refractivity contribution in [3.8, 4) is 17.1 Å². The summed E-state index contributed by atoms with van der Waals surface area (Å²) in [5.74, 6) is 1.26. The summed E-state index contributed by atoms with van der Waals surface area (Å²) in [5, 5.41) is 0.536. The first kappa shape index (κ1) is 21.5. The summed E-state index contributed by atoms with van der Waals surface area (Å²) in [5.41, 5.74) is 2.54. The number of fused-ring (bicyclic) bond motifs is 1. The minimum absolute atomic E-state index is 0.0659. The highest BCUT2D eigenvalue weighted by atomic mass is 16.5. The van der Waals surface area contributed by atoms with E-state index in [1.807, 2.05) is 54.6 Å². The van der Waals surface area contributed by atoms with E-state index in [2.05, 4.69) is 36.2 Å². The predicted octanol–water partition coefficient (Wildman–Crippen LogP) is 6.45. The van der Waals surface area contributed by atoms with Gasteiger partial charge in [-0.3, -0.25) is 4.79 Å². The molecule has 1 aromatic heterocycles. The lowest BCUT2D eigenvalue weighted by Crippen LogP contribution is -2.37. The maximum Gasteiger partial charge on any atom is 0.193 e. The molecular formula is C29H29NO3. The van der Waals surface area contributed by atoms with Gasteiger partial charge in [0.05, 0.1) is 5.39 Å². The number of nitrogens with zero attached hydrogens (tertiary/aromatic N) is 1. The molecule has 0 bridgehead atoms. The average molecular weight is 440 g/mol. The highest BCUT2D eigenvalue weighted by Crippen LogP contribution is 2.32. The molecule has 0 spiro atoms. The van der Waals surface area contributed by atoms with Gasteiger partial charge in [-0.05, 0) is 50.2 Å². The van der Waals surface area contributed by atoms with Crippen molar-refractivity contribution in [1.29, 1.82) is 0 Å². The smallest absolute Gasteiger partial charge is 0.193 e. The third-order valence-electron chi connectivity index (χ3n) is 6.61. The van der Waals surface area contributed by atoms with E-state index in [0.717, 1.165) is 24.1 Å². The molecule has 4 nitrogen and oxygen atoms in total. The molecule has 1 saturated heterocycles. The predicted molar refractivity (Wildman–Crippen MR) is 133 cm³/mol. The zero-order valence-corrected chi connectivity index (χ0v) is 18.9. The van der Waals surface area contributed by atoms with E-state index in [1.165, 1.54) is 19.3 Å². The van der Waals surface area contributed by atoms with E-state index in [0.29, 0.717) is 28.5 Å². The van der Waals surface area contributed by atoms with E-state index in [1.54, 1.807) is 6.07 Å². The Morgan fingerprint density at radius 2 is 1.73 bits per heavy atom. The second-order valence-corrected chi connectivity index (χ2v) is 8.88. The normalized spacial score (nSPS) is 17.7. The lowest BCUT2D eigenvalue weighted by Gasteiger charge is -2.35. The maximum atomic E-state index is 12.9. The monoisotopic (exact) mass is 439 g/mol. The fourth-order valence-electron chi connectivity index (χ4n) is 4.73. The Labute approximate surface area is 194 Å². The fraction of sp³-hybridized carbons (Fsp3) is 0.276. The third kappa shape index (κ3) is 4.86. The first-order valence-electron chi connectivity index (χ1n) is 11.7. The molecule has 3 aromatic carbocycles. The molecule has 1 fully saturated rings. The van der Waals surface area contributed by atoms with Crippen LogP contribution in [-0.4, -0.2) is 24.5 Å². The molecule has 0 amide bonds. The van der Waals surface area contributed by atoms with Gasteiger partial charge in [0.25, 0.3) is 0 Å². The molecule has 2 atom stereocenters. The second kappa shape index (κ2) is 9.63. The highest BCUT2D eigenvalue weighted by molar-refractivity contribution is 5.80. The largest absolute Gasteiger partial charge is 0.486 e. The van der Waals surface area contributed by atoms with Crippen LogP contribution in [0.3, 0.4) is 0 Å². The van der Waals surface area contributed by atoms with E-state index in [4.69, 9.17) is 9.15 Å². The average Bonchev–Trinajstić information content (AvgIpc) is 2.86. The minimum Gasteiger partial charge on any atom is -0.486 e. The first-order chi connectivity index (χ1) is 16.2. The molecular weight excluding hydrogens is 410 g/mol. The standard InChI is InChI=1S/C29H29NO3/c1-30-17-9-8-14-23(30)18-28(21-10-4-2-5-11-21)32-24-15-16-27-25(19-24)26(31)20-29(33-27)22-12-6-3-7-13-22/h2-7,10-13,15-16,19-20,23,28H,8-9,14,17-18H2,1H3. The summed E-state index contributed by atoms with van der Waals surface area (Å²) in [6.07, 6.45) is 4.55. The summed E-state index contributed by atoms with van der Waals surface area (Å²) < 4.78 is 12.6. The van der Waals surface area contributed by atoms with Crippen LogP contribution in [0.25, 0.3) is 22.3 Å². The molecule has 2 unspecified atom stereocenters. The Hall–Kier alpha value is -3.37. The Balaban J connectivity index is 1.45. The van der Waals surface area contributed by atoms with Gasteiger partial charge < -0.3 is 14.1 Å². The summed E-state index contributed by atoms with van der Waals surface area (Å²) >= 11 is 0. The Bertz CT molecular complexity index is 1270. The van der Waals surface area contributed by atoms with Crippen molar-refractivity contribution in [3.05, 3.63) is 101 Å². The second-order valence-electron chi connectivity index (χ2n) is 8.88. The molecule has 33 heavy (non-hydrogen) atoms. The van der Waals surface area contributed by atoms with Crippen LogP contribution in [0.1, 0.15) is 37.4 Å². The van der Waals surface area contributed by atoms with Gasteiger partial charge >= 0.3 is 0 Å². The summed E-state index contributed by atoms with van der Waals surface area (Å²) in [4.78, 5) is 15.4. The van der Waals surface area contributed by atoms with Gasteiger partial charge in [-0.25, -0.2) is 0 Å². The number of benzene rings is 3. The number of hydrogen-bond acceptors (Lipinski definition) is 4. The van der Waals surface area contributed by atoms with Gasteiger partial charge in [0, 0.05) is 24.1 Å². The molecule has 5 rings (SSSR count). The molecule has 0 saturated carbocycles. The number of hydrogen-bond donors (Lipinski definition) is 0. The summed E-state index contributed by atoms with van der Waals surface area (Å²) in [6.45, 7) is 1.13. The van der Waals surface area contributed by atoms with Gasteiger partial charge in [-0.2, -0.15) is 0 Å². The summed E-state index contributed by atoms with van der Waals surface area (Å²) in [7, 11) is 2.21. The number of likely N-dealkylation sites (tertiary alicyclic amines) is 1. The van der Waals surface area contributed by atoms with Crippen molar-refractivity contribution in [2.75, 3.05) is 13.6 Å². The maximum absolute atomic E-state index is 12.9. The van der Waals surface area contributed by atoms with Crippen LogP contribution < -0.4 is 10.2 Å². The lowest BCUT2D eigenvalue weighted by molar-refractivity contribution is 0.109. The van der Waals surface area contributed by atoms with Crippen molar-refractivity contribution in [1.82, 2.24) is 4.90 Å². The van der Waals surface area contributed by atoms with Crippen LogP contribution in [0.5, 0.6) is 5.75 Å². The molecule has 1 aliphatic rings. The van der Waals surface area contributed by atoms with Gasteiger partial charge in [0.2, 0.25) is 0 Å². The van der Waals surface area contributed by atoms with Crippen LogP contribution >= 0.6 is 0 Å². The van der Waals surface area contributed by atoms with Crippen LogP contribution in [0.15, 0.2) is 94.1 Å². The molecule has 0 aliphatic carbocycles. The number of piperidine rings is 1. The Morgan fingerprint density at radius 1 is 0.970 bits per heavy atom. The van der Waals surface area contributed by atoms with Gasteiger partial charge in [-0.1, -0.05) is 67.1 Å². The fourth-order valence-corrected chi connectivity index (χ4v) is 4.73. The highest BCUT2D eigenvalue weighted by Gasteiger charge is 2.25. The van der Waals surface area contributed by atoms with E-state index in [-0.39, 0.29) is 11.5 Å². The van der Waals surface area contributed by atoms with Crippen LogP contribution in [0, 0.1) is 0 Å². The quantitative estimate of drug-likeness (QED) is 0.346. The Morgan fingerprint density at radius 3 is 2.48 bits per heavy atom. The molecule has 4 aromatic rings. The minimum atomic E-state index is -0.0789. The van der Waals surface area contributed by atoms with Crippen molar-refractivity contribution < 1.29 is 9.15 Å². The first-order valence-corrected chi connectivity index (χ1v) is 11.7. The summed E-state index contributed by atoms with van der Waals surface area (Å²) in [6, 6.07) is 27.7. The zero-order chi connectivity index (χ0) is 22.6. The number of ether oxygens (including phenoxy) is 1. The van der Waals surface area contributed by atoms with Crippen molar-refractivity contribution in [2.24, 2.45) is 0 Å². The zero-order valence-electron chi connectivity index (χ0n) is 18.9. The Kier molecular flexibility index (Phi) is 6.27. The van der Waals surface area contributed by atoms with Crippen LogP contribution in [0.2, 0.25) is 0 Å². The van der Waals surface area contributed by atoms with Crippen LogP contribution in [0.4, 0.5) is 0 Å². The molecule has 0 radical (unpaired) electrons. The van der Waals surface area contributed by atoms with Crippen LogP contribution in [-0.2, 0) is 0 Å². The van der Waals surface area contributed by atoms with Gasteiger partial charge in [0.1, 0.15) is 23.2 Å². The van der Waals surface area contributed by atoms with Crippen molar-refractivity contribution in [2.45, 2.75) is 37.8 Å². The molecule has 0 N–H and O–H groups in total. The van der Waals surface area contributed by atoms with E-state index in [9.17, 15) is 4.79 Å². The molecule has 168 valence electrons. The molecule has 2 heterocycles. The topological polar surface area (TPSA) is 42.7 Å². The van der Waals surface area contributed by atoms with Gasteiger partial charge in [0.15, 0.2) is 5.43 Å². The van der Waals surface area contributed by atoms with Gasteiger partial charge in [-0.15, -0.1) is 0 Å². The SMILES string of the molecule is CN1CCCCC1CC(Oc1ccc2oc(-c3ccccc3)cc(=O)c2c1)c1ccccc1. The molecule has 4 heteroatoms.